The topological polar surface area (TPSA) is 9.86 Å². The van der Waals surface area contributed by atoms with Crippen LogP contribution in [0.3, 0.4) is 0 Å². The summed E-state index contributed by atoms with van der Waals surface area (Å²) in [7, 11) is 0. The molecule has 6 aromatic rings. The first-order valence-electron chi connectivity index (χ1n) is 11.3. The average molecular weight is 403 g/mol. The summed E-state index contributed by atoms with van der Waals surface area (Å²) in [5, 5.41) is 5.41. The van der Waals surface area contributed by atoms with E-state index in [-0.39, 0.29) is 0 Å². The number of rotatable bonds is 4. The van der Waals surface area contributed by atoms with Crippen molar-refractivity contribution in [3.8, 4) is 0 Å². The summed E-state index contributed by atoms with van der Waals surface area (Å²) in [6.07, 6.45) is 0.939. The first kappa shape index (κ1) is 18.3. The van der Waals surface area contributed by atoms with Crippen LogP contribution in [0, 0.1) is 0 Å². The van der Waals surface area contributed by atoms with Crippen LogP contribution in [-0.2, 0) is 19.5 Å². The lowest BCUT2D eigenvalue weighted by Crippen LogP contribution is -1.98. The van der Waals surface area contributed by atoms with E-state index < -0.39 is 0 Å². The third kappa shape index (κ3) is 2.64. The van der Waals surface area contributed by atoms with Crippen molar-refractivity contribution in [3.63, 3.8) is 0 Å². The van der Waals surface area contributed by atoms with E-state index in [0.29, 0.717) is 0 Å². The zero-order valence-corrected chi connectivity index (χ0v) is 18.1. The van der Waals surface area contributed by atoms with E-state index in [0.717, 1.165) is 19.5 Å². The molecule has 0 saturated carbocycles. The zero-order valence-electron chi connectivity index (χ0n) is 18.1. The quantitative estimate of drug-likeness (QED) is 0.288. The van der Waals surface area contributed by atoms with E-state index >= 15 is 0 Å². The standard InChI is InChI=1S/C29H26N2/c1-3-30-26-14-7-5-11-22(26)24-17-16-20(19-28(24)30)18-21-10-9-13-25-23-12-6-8-15-27(23)31(4-2)29(21)25/h5-17,19H,3-4,18H2,1-2H3. The van der Waals surface area contributed by atoms with Crippen LogP contribution in [0.15, 0.2) is 84.9 Å². The van der Waals surface area contributed by atoms with Crippen LogP contribution < -0.4 is 0 Å². The Morgan fingerprint density at radius 1 is 0.548 bits per heavy atom. The number of aryl methyl sites for hydroxylation is 2. The highest BCUT2D eigenvalue weighted by Gasteiger charge is 2.14. The summed E-state index contributed by atoms with van der Waals surface area (Å²) in [5.74, 6) is 0. The Morgan fingerprint density at radius 2 is 1.16 bits per heavy atom. The van der Waals surface area contributed by atoms with E-state index in [1.54, 1.807) is 0 Å². The highest BCUT2D eigenvalue weighted by molar-refractivity contribution is 6.10. The summed E-state index contributed by atoms with van der Waals surface area (Å²) in [6.45, 7) is 6.44. The van der Waals surface area contributed by atoms with Crippen molar-refractivity contribution in [2.45, 2.75) is 33.4 Å². The molecule has 6 rings (SSSR count). The van der Waals surface area contributed by atoms with Gasteiger partial charge in [0.15, 0.2) is 0 Å². The van der Waals surface area contributed by atoms with Crippen LogP contribution in [0.2, 0.25) is 0 Å². The van der Waals surface area contributed by atoms with Crippen LogP contribution >= 0.6 is 0 Å². The Bertz CT molecular complexity index is 1580. The number of aromatic nitrogens is 2. The highest BCUT2D eigenvalue weighted by atomic mass is 15.0. The molecule has 0 amide bonds. The predicted molar refractivity (Wildman–Crippen MR) is 133 cm³/mol. The highest BCUT2D eigenvalue weighted by Crippen LogP contribution is 2.34. The van der Waals surface area contributed by atoms with Crippen LogP contribution in [0.25, 0.3) is 43.6 Å². The molecular formula is C29H26N2. The number of benzene rings is 4. The van der Waals surface area contributed by atoms with Crippen molar-refractivity contribution < 1.29 is 0 Å². The van der Waals surface area contributed by atoms with Crippen LogP contribution in [0.5, 0.6) is 0 Å². The van der Waals surface area contributed by atoms with Gasteiger partial charge in [0, 0.05) is 51.2 Å². The molecule has 2 nitrogen and oxygen atoms in total. The molecule has 0 N–H and O–H groups in total. The largest absolute Gasteiger partial charge is 0.341 e. The predicted octanol–water partition coefficient (Wildman–Crippen LogP) is 7.53. The molecule has 0 unspecified atom stereocenters. The lowest BCUT2D eigenvalue weighted by Gasteiger charge is -2.10. The maximum atomic E-state index is 2.47. The molecule has 0 aliphatic rings. The minimum atomic E-state index is 0.939. The van der Waals surface area contributed by atoms with Gasteiger partial charge in [-0.25, -0.2) is 0 Å². The Labute approximate surface area is 182 Å². The van der Waals surface area contributed by atoms with Gasteiger partial charge < -0.3 is 9.13 Å². The molecule has 31 heavy (non-hydrogen) atoms. The second kappa shape index (κ2) is 7.02. The number of para-hydroxylation sites is 3. The fraction of sp³-hybridized carbons (Fsp3) is 0.172. The van der Waals surface area contributed by atoms with Crippen molar-refractivity contribution >= 4 is 43.6 Å². The van der Waals surface area contributed by atoms with Gasteiger partial charge in [0.25, 0.3) is 0 Å². The molecule has 152 valence electrons. The Morgan fingerprint density at radius 3 is 1.90 bits per heavy atom. The van der Waals surface area contributed by atoms with E-state index in [9.17, 15) is 0 Å². The monoisotopic (exact) mass is 402 g/mol. The third-order valence-corrected chi connectivity index (χ3v) is 6.74. The second-order valence-corrected chi connectivity index (χ2v) is 8.36. The Balaban J connectivity index is 1.55. The average Bonchev–Trinajstić information content (AvgIpc) is 3.31. The molecular weight excluding hydrogens is 376 g/mol. The minimum Gasteiger partial charge on any atom is -0.341 e. The summed E-state index contributed by atoms with van der Waals surface area (Å²) in [6, 6.07) is 31.3. The number of fused-ring (bicyclic) bond motifs is 6. The van der Waals surface area contributed by atoms with Crippen LogP contribution in [0.1, 0.15) is 25.0 Å². The molecule has 0 radical (unpaired) electrons. The van der Waals surface area contributed by atoms with Gasteiger partial charge in [0.2, 0.25) is 0 Å². The smallest absolute Gasteiger partial charge is 0.0527 e. The fourth-order valence-electron chi connectivity index (χ4n) is 5.42. The first-order chi connectivity index (χ1) is 15.3. The van der Waals surface area contributed by atoms with Gasteiger partial charge in [0.1, 0.15) is 0 Å². The van der Waals surface area contributed by atoms with E-state index in [1.165, 1.54) is 54.7 Å². The molecule has 0 aliphatic heterocycles. The Kier molecular flexibility index (Phi) is 4.14. The van der Waals surface area contributed by atoms with E-state index in [4.69, 9.17) is 0 Å². The van der Waals surface area contributed by atoms with Crippen molar-refractivity contribution in [1.82, 2.24) is 9.13 Å². The molecule has 2 aromatic heterocycles. The lowest BCUT2D eigenvalue weighted by molar-refractivity contribution is 0.822. The van der Waals surface area contributed by atoms with E-state index in [2.05, 4.69) is 108 Å². The third-order valence-electron chi connectivity index (χ3n) is 6.74. The van der Waals surface area contributed by atoms with Crippen LogP contribution in [0.4, 0.5) is 0 Å². The molecule has 2 heterocycles. The van der Waals surface area contributed by atoms with Crippen molar-refractivity contribution in [1.29, 1.82) is 0 Å². The van der Waals surface area contributed by atoms with Crippen molar-refractivity contribution in [2.24, 2.45) is 0 Å². The van der Waals surface area contributed by atoms with Gasteiger partial charge in [0.05, 0.1) is 5.52 Å². The van der Waals surface area contributed by atoms with Crippen molar-refractivity contribution in [3.05, 3.63) is 96.1 Å². The molecule has 2 heteroatoms. The minimum absolute atomic E-state index is 0.939. The summed E-state index contributed by atoms with van der Waals surface area (Å²) >= 11 is 0. The van der Waals surface area contributed by atoms with E-state index in [1.807, 2.05) is 0 Å². The number of hydrogen-bond acceptors (Lipinski definition) is 0. The molecule has 0 fully saturated rings. The van der Waals surface area contributed by atoms with Gasteiger partial charge in [-0.05, 0) is 49.6 Å². The summed E-state index contributed by atoms with van der Waals surface area (Å²) in [5.41, 5.74) is 8.13. The normalized spacial score (nSPS) is 11.9. The number of nitrogens with zero attached hydrogens (tertiary/aromatic N) is 2. The molecule has 0 spiro atoms. The zero-order chi connectivity index (χ0) is 20.9. The lowest BCUT2D eigenvalue weighted by atomic mass is 10.0. The molecule has 4 aromatic carbocycles. The molecule has 0 aliphatic carbocycles. The van der Waals surface area contributed by atoms with Gasteiger partial charge in [-0.3, -0.25) is 0 Å². The van der Waals surface area contributed by atoms with Gasteiger partial charge >= 0.3 is 0 Å². The fourth-order valence-corrected chi connectivity index (χ4v) is 5.42. The molecule has 0 saturated heterocycles. The summed E-state index contributed by atoms with van der Waals surface area (Å²) in [4.78, 5) is 0. The van der Waals surface area contributed by atoms with Gasteiger partial charge in [-0.1, -0.05) is 66.7 Å². The first-order valence-corrected chi connectivity index (χ1v) is 11.3. The second-order valence-electron chi connectivity index (χ2n) is 8.36. The van der Waals surface area contributed by atoms with Crippen LogP contribution in [-0.4, -0.2) is 9.13 Å². The number of hydrogen-bond donors (Lipinski definition) is 0. The maximum Gasteiger partial charge on any atom is 0.0527 e. The van der Waals surface area contributed by atoms with Gasteiger partial charge in [-0.15, -0.1) is 0 Å². The SMILES string of the molecule is CCn1c2ccccc2c2ccc(Cc3cccc4c5ccccc5n(CC)c34)cc21. The summed E-state index contributed by atoms with van der Waals surface area (Å²) < 4.78 is 4.92. The van der Waals surface area contributed by atoms with Gasteiger partial charge in [-0.2, -0.15) is 0 Å². The molecule has 0 bridgehead atoms. The van der Waals surface area contributed by atoms with Crippen molar-refractivity contribution in [2.75, 3.05) is 0 Å². The maximum absolute atomic E-state index is 2.47. The Hall–Kier alpha value is -3.52. The molecule has 0 atom stereocenters.